The molecule has 136 valence electrons. The number of nitrogens with zero attached hydrogens (tertiary/aromatic N) is 2. The van der Waals surface area contributed by atoms with Gasteiger partial charge >= 0.3 is 5.97 Å². The lowest BCUT2D eigenvalue weighted by Crippen LogP contribution is -2.38. The molecule has 1 heterocycles. The Hall–Kier alpha value is -1.85. The van der Waals surface area contributed by atoms with Gasteiger partial charge in [-0.1, -0.05) is 27.7 Å². The predicted octanol–water partition coefficient (Wildman–Crippen LogP) is 2.40. The number of esters is 1. The number of carbonyl (C=O) groups is 2. The maximum Gasteiger partial charge on any atom is 0.310 e. The first-order valence-corrected chi connectivity index (χ1v) is 8.59. The van der Waals surface area contributed by atoms with Gasteiger partial charge in [0.05, 0.1) is 12.1 Å². The third kappa shape index (κ3) is 5.98. The summed E-state index contributed by atoms with van der Waals surface area (Å²) in [5.74, 6) is 0.141. The van der Waals surface area contributed by atoms with Gasteiger partial charge in [-0.25, -0.2) is 0 Å². The first-order valence-electron chi connectivity index (χ1n) is 8.59. The number of nitrogens with one attached hydrogen (secondary N) is 1. The highest BCUT2D eigenvalue weighted by Gasteiger charge is 2.18. The fourth-order valence-electron chi connectivity index (χ4n) is 2.32. The van der Waals surface area contributed by atoms with Gasteiger partial charge in [-0.05, 0) is 32.6 Å². The van der Waals surface area contributed by atoms with E-state index in [-0.39, 0.29) is 25.0 Å². The van der Waals surface area contributed by atoms with Gasteiger partial charge < -0.3 is 10.1 Å². The van der Waals surface area contributed by atoms with Crippen molar-refractivity contribution < 1.29 is 14.3 Å². The molecular weight excluding hydrogens is 306 g/mol. The van der Waals surface area contributed by atoms with Crippen molar-refractivity contribution in [3.8, 4) is 0 Å². The Balaban J connectivity index is 2.57. The second-order valence-electron chi connectivity index (χ2n) is 7.16. The first-order chi connectivity index (χ1) is 11.1. The summed E-state index contributed by atoms with van der Waals surface area (Å²) in [6.07, 6.45) is 0.142. The molecule has 0 spiro atoms. The quantitative estimate of drug-likeness (QED) is 0.739. The van der Waals surface area contributed by atoms with Crippen molar-refractivity contribution in [1.29, 1.82) is 0 Å². The van der Waals surface area contributed by atoms with Crippen LogP contribution in [0.4, 0.5) is 0 Å². The van der Waals surface area contributed by atoms with E-state index in [1.807, 2.05) is 39.3 Å². The minimum atomic E-state index is -0.405. The number of rotatable bonds is 8. The fraction of sp³-hybridized carbons (Fsp3) is 0.722. The normalized spacial score (nSPS) is 12.5. The van der Waals surface area contributed by atoms with Crippen molar-refractivity contribution in [2.24, 2.45) is 11.8 Å². The molecule has 0 aliphatic heterocycles. The smallest absolute Gasteiger partial charge is 0.310 e. The molecule has 0 saturated heterocycles. The van der Waals surface area contributed by atoms with Crippen LogP contribution in [0.5, 0.6) is 0 Å². The number of aryl methyl sites for hydroxylation is 1. The SMILES string of the molecule is Cc1nn(CC(C)C)c(C)c1CC(=O)OCC(=O)NC(C)C(C)C. The van der Waals surface area contributed by atoms with E-state index in [1.54, 1.807) is 0 Å². The molecule has 0 radical (unpaired) electrons. The number of hydrogen-bond acceptors (Lipinski definition) is 4. The molecule has 1 amide bonds. The fourth-order valence-corrected chi connectivity index (χ4v) is 2.32. The molecular formula is C18H31N3O3. The van der Waals surface area contributed by atoms with Gasteiger partial charge in [0.2, 0.25) is 0 Å². The molecule has 0 aliphatic rings. The predicted molar refractivity (Wildman–Crippen MR) is 93.6 cm³/mol. The van der Waals surface area contributed by atoms with Gasteiger partial charge in [0.1, 0.15) is 0 Å². The van der Waals surface area contributed by atoms with Crippen LogP contribution in [0.3, 0.4) is 0 Å². The molecule has 24 heavy (non-hydrogen) atoms. The molecule has 0 aliphatic carbocycles. The third-order valence-corrected chi connectivity index (χ3v) is 4.14. The molecule has 1 aromatic heterocycles. The largest absolute Gasteiger partial charge is 0.455 e. The molecule has 0 bridgehead atoms. The Kier molecular flexibility index (Phi) is 7.45. The molecule has 1 aromatic rings. The van der Waals surface area contributed by atoms with Gasteiger partial charge in [-0.2, -0.15) is 5.10 Å². The highest BCUT2D eigenvalue weighted by Crippen LogP contribution is 2.15. The molecule has 1 unspecified atom stereocenters. The minimum Gasteiger partial charge on any atom is -0.455 e. The van der Waals surface area contributed by atoms with E-state index in [0.717, 1.165) is 23.5 Å². The molecule has 0 fully saturated rings. The van der Waals surface area contributed by atoms with Crippen molar-refractivity contribution >= 4 is 11.9 Å². The van der Waals surface area contributed by atoms with E-state index in [4.69, 9.17) is 4.74 Å². The molecule has 0 saturated carbocycles. The monoisotopic (exact) mass is 337 g/mol. The van der Waals surface area contributed by atoms with Crippen LogP contribution in [0.25, 0.3) is 0 Å². The van der Waals surface area contributed by atoms with Crippen LogP contribution >= 0.6 is 0 Å². The van der Waals surface area contributed by atoms with Crippen LogP contribution in [0.2, 0.25) is 0 Å². The van der Waals surface area contributed by atoms with E-state index < -0.39 is 5.97 Å². The van der Waals surface area contributed by atoms with E-state index in [1.165, 1.54) is 0 Å². The lowest BCUT2D eigenvalue weighted by molar-refractivity contribution is -0.148. The molecule has 6 heteroatoms. The molecule has 1 atom stereocenters. The minimum absolute atomic E-state index is 0.0509. The summed E-state index contributed by atoms with van der Waals surface area (Å²) < 4.78 is 7.03. The lowest BCUT2D eigenvalue weighted by atomic mass is 10.1. The first kappa shape index (κ1) is 20.2. The Morgan fingerprint density at radius 2 is 1.79 bits per heavy atom. The maximum atomic E-state index is 12.0. The highest BCUT2D eigenvalue weighted by atomic mass is 16.5. The second kappa shape index (κ2) is 8.85. The van der Waals surface area contributed by atoms with Crippen molar-refractivity contribution in [1.82, 2.24) is 15.1 Å². The van der Waals surface area contributed by atoms with E-state index in [2.05, 4.69) is 24.3 Å². The van der Waals surface area contributed by atoms with Crippen LogP contribution in [0.1, 0.15) is 51.6 Å². The Morgan fingerprint density at radius 1 is 1.17 bits per heavy atom. The number of aromatic nitrogens is 2. The Morgan fingerprint density at radius 3 is 2.33 bits per heavy atom. The summed E-state index contributed by atoms with van der Waals surface area (Å²) >= 11 is 0. The summed E-state index contributed by atoms with van der Waals surface area (Å²) in [7, 11) is 0. The van der Waals surface area contributed by atoms with Gasteiger partial charge in [0.15, 0.2) is 6.61 Å². The summed E-state index contributed by atoms with van der Waals surface area (Å²) in [5, 5.41) is 7.30. The van der Waals surface area contributed by atoms with E-state index in [0.29, 0.717) is 11.8 Å². The van der Waals surface area contributed by atoms with Crippen LogP contribution in [0.15, 0.2) is 0 Å². The van der Waals surface area contributed by atoms with Crippen LogP contribution in [-0.4, -0.2) is 34.3 Å². The van der Waals surface area contributed by atoms with Crippen LogP contribution in [0, 0.1) is 25.7 Å². The zero-order valence-electron chi connectivity index (χ0n) is 16.0. The zero-order valence-corrected chi connectivity index (χ0v) is 16.0. The zero-order chi connectivity index (χ0) is 18.4. The Bertz CT molecular complexity index is 576. The topological polar surface area (TPSA) is 73.2 Å². The number of ether oxygens (including phenoxy) is 1. The second-order valence-corrected chi connectivity index (χ2v) is 7.16. The van der Waals surface area contributed by atoms with Crippen LogP contribution in [-0.2, 0) is 27.3 Å². The number of hydrogen-bond donors (Lipinski definition) is 1. The molecule has 0 aromatic carbocycles. The summed E-state index contributed by atoms with van der Waals surface area (Å²) in [5.41, 5.74) is 2.70. The summed E-state index contributed by atoms with van der Waals surface area (Å²) in [6.45, 7) is 14.7. The van der Waals surface area contributed by atoms with Gasteiger partial charge in [-0.3, -0.25) is 14.3 Å². The van der Waals surface area contributed by atoms with Crippen molar-refractivity contribution in [2.45, 2.75) is 67.5 Å². The van der Waals surface area contributed by atoms with Gasteiger partial charge in [0, 0.05) is 23.8 Å². The number of carbonyl (C=O) groups excluding carboxylic acids is 2. The summed E-state index contributed by atoms with van der Waals surface area (Å²) in [4.78, 5) is 23.8. The van der Waals surface area contributed by atoms with Crippen molar-refractivity contribution in [2.75, 3.05) is 6.61 Å². The third-order valence-electron chi connectivity index (χ3n) is 4.14. The average molecular weight is 337 g/mol. The number of amides is 1. The lowest BCUT2D eigenvalue weighted by Gasteiger charge is -2.17. The van der Waals surface area contributed by atoms with E-state index in [9.17, 15) is 9.59 Å². The molecule has 1 N–H and O–H groups in total. The standard InChI is InChI=1S/C18H31N3O3/c1-11(2)9-21-15(7)16(14(6)20-21)8-18(23)24-10-17(22)19-13(5)12(3)4/h11-13H,8-10H2,1-7H3,(H,19,22). The van der Waals surface area contributed by atoms with Crippen LogP contribution < -0.4 is 5.32 Å². The Labute approximate surface area is 144 Å². The van der Waals surface area contributed by atoms with Gasteiger partial charge in [-0.15, -0.1) is 0 Å². The van der Waals surface area contributed by atoms with Gasteiger partial charge in [0.25, 0.3) is 5.91 Å². The maximum absolute atomic E-state index is 12.0. The van der Waals surface area contributed by atoms with E-state index >= 15 is 0 Å². The molecule has 1 rings (SSSR count). The highest BCUT2D eigenvalue weighted by molar-refractivity contribution is 5.81. The summed E-state index contributed by atoms with van der Waals surface area (Å²) in [6, 6.07) is 0.0509. The molecule has 6 nitrogen and oxygen atoms in total. The average Bonchev–Trinajstić information content (AvgIpc) is 2.72. The van der Waals surface area contributed by atoms with Crippen molar-refractivity contribution in [3.63, 3.8) is 0 Å². The van der Waals surface area contributed by atoms with Crippen molar-refractivity contribution in [3.05, 3.63) is 17.0 Å².